The molecule has 1 aliphatic heterocycles. The van der Waals surface area contributed by atoms with Crippen molar-refractivity contribution >= 4 is 15.9 Å². The first-order valence-corrected chi connectivity index (χ1v) is 7.96. The molecular formula is C13H18N2O5S. The van der Waals surface area contributed by atoms with Crippen molar-refractivity contribution in [1.82, 2.24) is 9.62 Å². The van der Waals surface area contributed by atoms with Crippen LogP contribution in [-0.4, -0.2) is 58.6 Å². The van der Waals surface area contributed by atoms with E-state index < -0.39 is 10.0 Å². The lowest BCUT2D eigenvalue weighted by atomic mass is 10.3. The first kappa shape index (κ1) is 15.7. The molecule has 0 atom stereocenters. The van der Waals surface area contributed by atoms with Crippen molar-refractivity contribution < 1.29 is 22.7 Å². The fraction of sp³-hybridized carbons (Fsp3) is 0.462. The summed E-state index contributed by atoms with van der Waals surface area (Å²) >= 11 is 0. The SMILES string of the molecule is COCCOc1ccc(S(=O)(=O)N2CCNC(=O)C2)cc1. The van der Waals surface area contributed by atoms with Crippen molar-refractivity contribution in [2.45, 2.75) is 4.90 Å². The fourth-order valence-corrected chi connectivity index (χ4v) is 3.32. The molecule has 0 aromatic heterocycles. The van der Waals surface area contributed by atoms with Gasteiger partial charge in [-0.3, -0.25) is 4.79 Å². The largest absolute Gasteiger partial charge is 0.491 e. The molecule has 0 saturated carbocycles. The number of nitrogens with zero attached hydrogens (tertiary/aromatic N) is 1. The quantitative estimate of drug-likeness (QED) is 0.737. The maximum absolute atomic E-state index is 12.4. The van der Waals surface area contributed by atoms with E-state index in [-0.39, 0.29) is 23.9 Å². The minimum Gasteiger partial charge on any atom is -0.491 e. The Hall–Kier alpha value is -1.64. The number of carbonyl (C=O) groups is 1. The summed E-state index contributed by atoms with van der Waals surface area (Å²) in [5, 5.41) is 2.60. The van der Waals surface area contributed by atoms with E-state index in [4.69, 9.17) is 9.47 Å². The molecule has 1 fully saturated rings. The number of hydrogen-bond donors (Lipinski definition) is 1. The number of benzene rings is 1. The number of ether oxygens (including phenoxy) is 2. The van der Waals surface area contributed by atoms with Crippen LogP contribution in [0.3, 0.4) is 0 Å². The normalized spacial score (nSPS) is 16.5. The number of sulfonamides is 1. The van der Waals surface area contributed by atoms with Crippen molar-refractivity contribution in [3.05, 3.63) is 24.3 Å². The van der Waals surface area contributed by atoms with E-state index in [1.807, 2.05) is 0 Å². The predicted octanol–water partition coefficient (Wildman–Crippen LogP) is -0.168. The third kappa shape index (κ3) is 3.93. The summed E-state index contributed by atoms with van der Waals surface area (Å²) in [4.78, 5) is 11.5. The van der Waals surface area contributed by atoms with Gasteiger partial charge in [-0.15, -0.1) is 0 Å². The van der Waals surface area contributed by atoms with Crippen LogP contribution in [0.15, 0.2) is 29.2 Å². The van der Waals surface area contributed by atoms with Gasteiger partial charge in [0.1, 0.15) is 12.4 Å². The van der Waals surface area contributed by atoms with Crippen LogP contribution < -0.4 is 10.1 Å². The Morgan fingerprint density at radius 2 is 1.95 bits per heavy atom. The van der Waals surface area contributed by atoms with E-state index in [2.05, 4.69) is 5.32 Å². The average Bonchev–Trinajstić information content (AvgIpc) is 2.48. The lowest BCUT2D eigenvalue weighted by Gasteiger charge is -2.25. The van der Waals surface area contributed by atoms with E-state index in [9.17, 15) is 13.2 Å². The number of methoxy groups -OCH3 is 1. The van der Waals surface area contributed by atoms with Crippen LogP contribution in [0.2, 0.25) is 0 Å². The molecule has 0 aliphatic carbocycles. The minimum atomic E-state index is -3.64. The molecule has 1 saturated heterocycles. The lowest BCUT2D eigenvalue weighted by Crippen LogP contribution is -2.49. The van der Waals surface area contributed by atoms with Gasteiger partial charge in [-0.1, -0.05) is 0 Å². The van der Waals surface area contributed by atoms with Crippen LogP contribution in [-0.2, 0) is 19.6 Å². The van der Waals surface area contributed by atoms with Crippen LogP contribution in [0.1, 0.15) is 0 Å². The molecule has 1 heterocycles. The van der Waals surface area contributed by atoms with Gasteiger partial charge in [-0.2, -0.15) is 4.31 Å². The molecule has 0 bridgehead atoms. The zero-order valence-corrected chi connectivity index (χ0v) is 12.6. The summed E-state index contributed by atoms with van der Waals surface area (Å²) in [6, 6.07) is 6.13. The van der Waals surface area contributed by atoms with Crippen LogP contribution >= 0.6 is 0 Å². The van der Waals surface area contributed by atoms with Gasteiger partial charge in [0.2, 0.25) is 15.9 Å². The Morgan fingerprint density at radius 3 is 2.57 bits per heavy atom. The Labute approximate surface area is 123 Å². The molecule has 116 valence electrons. The highest BCUT2D eigenvalue weighted by molar-refractivity contribution is 7.89. The zero-order chi connectivity index (χ0) is 15.3. The molecule has 1 amide bonds. The Bertz CT molecular complexity index is 585. The second kappa shape index (κ2) is 6.88. The summed E-state index contributed by atoms with van der Waals surface area (Å²) in [6.45, 7) is 1.32. The molecule has 8 heteroatoms. The molecule has 1 aromatic carbocycles. The number of piperazine rings is 1. The van der Waals surface area contributed by atoms with Crippen molar-refractivity contribution in [2.75, 3.05) is 40.0 Å². The van der Waals surface area contributed by atoms with Gasteiger partial charge in [-0.05, 0) is 24.3 Å². The Morgan fingerprint density at radius 1 is 1.24 bits per heavy atom. The fourth-order valence-electron chi connectivity index (χ4n) is 1.92. The van der Waals surface area contributed by atoms with Crippen molar-refractivity contribution in [2.24, 2.45) is 0 Å². The molecule has 1 N–H and O–H groups in total. The van der Waals surface area contributed by atoms with Crippen LogP contribution in [0, 0.1) is 0 Å². The van der Waals surface area contributed by atoms with E-state index >= 15 is 0 Å². The van der Waals surface area contributed by atoms with Crippen molar-refractivity contribution in [1.29, 1.82) is 0 Å². The van der Waals surface area contributed by atoms with Crippen molar-refractivity contribution in [3.8, 4) is 5.75 Å². The highest BCUT2D eigenvalue weighted by Crippen LogP contribution is 2.20. The van der Waals surface area contributed by atoms with Crippen LogP contribution in [0.25, 0.3) is 0 Å². The first-order chi connectivity index (χ1) is 10.0. The predicted molar refractivity (Wildman–Crippen MR) is 75.6 cm³/mol. The molecule has 0 radical (unpaired) electrons. The van der Waals surface area contributed by atoms with Gasteiger partial charge in [-0.25, -0.2) is 8.42 Å². The smallest absolute Gasteiger partial charge is 0.243 e. The number of carbonyl (C=O) groups excluding carboxylic acids is 1. The summed E-state index contributed by atoms with van der Waals surface area (Å²) in [7, 11) is -2.07. The second-order valence-electron chi connectivity index (χ2n) is 4.50. The summed E-state index contributed by atoms with van der Waals surface area (Å²) in [6.07, 6.45) is 0. The third-order valence-electron chi connectivity index (χ3n) is 3.02. The summed E-state index contributed by atoms with van der Waals surface area (Å²) < 4.78 is 36.2. The molecule has 0 unspecified atom stereocenters. The molecule has 2 rings (SSSR count). The summed E-state index contributed by atoms with van der Waals surface area (Å²) in [5.74, 6) is 0.284. The molecular weight excluding hydrogens is 296 g/mol. The molecule has 7 nitrogen and oxygen atoms in total. The number of rotatable bonds is 6. The van der Waals surface area contributed by atoms with Crippen molar-refractivity contribution in [3.63, 3.8) is 0 Å². The maximum Gasteiger partial charge on any atom is 0.243 e. The zero-order valence-electron chi connectivity index (χ0n) is 11.7. The Balaban J connectivity index is 2.07. The van der Waals surface area contributed by atoms with Gasteiger partial charge in [0.15, 0.2) is 0 Å². The van der Waals surface area contributed by atoms with E-state index in [1.54, 1.807) is 19.2 Å². The lowest BCUT2D eigenvalue weighted by molar-refractivity contribution is -0.122. The molecule has 0 spiro atoms. The standard InChI is InChI=1S/C13H18N2O5S/c1-19-8-9-20-11-2-4-12(5-3-11)21(17,18)15-7-6-14-13(16)10-15/h2-5H,6-10H2,1H3,(H,14,16). The number of hydrogen-bond acceptors (Lipinski definition) is 5. The number of amides is 1. The highest BCUT2D eigenvalue weighted by Gasteiger charge is 2.28. The van der Waals surface area contributed by atoms with E-state index in [1.165, 1.54) is 16.4 Å². The van der Waals surface area contributed by atoms with Gasteiger partial charge in [0.05, 0.1) is 18.0 Å². The molecule has 1 aliphatic rings. The first-order valence-electron chi connectivity index (χ1n) is 6.52. The minimum absolute atomic E-state index is 0.144. The summed E-state index contributed by atoms with van der Waals surface area (Å²) in [5.41, 5.74) is 0. The third-order valence-corrected chi connectivity index (χ3v) is 4.88. The number of nitrogens with one attached hydrogen (secondary N) is 1. The second-order valence-corrected chi connectivity index (χ2v) is 6.44. The monoisotopic (exact) mass is 314 g/mol. The maximum atomic E-state index is 12.4. The molecule has 1 aromatic rings. The van der Waals surface area contributed by atoms with Gasteiger partial charge < -0.3 is 14.8 Å². The van der Waals surface area contributed by atoms with Gasteiger partial charge in [0, 0.05) is 20.2 Å². The topological polar surface area (TPSA) is 84.9 Å². The van der Waals surface area contributed by atoms with Crippen LogP contribution in [0.4, 0.5) is 0 Å². The van der Waals surface area contributed by atoms with E-state index in [0.717, 1.165) is 0 Å². The average molecular weight is 314 g/mol. The van der Waals surface area contributed by atoms with Crippen LogP contribution in [0.5, 0.6) is 5.75 Å². The molecule has 21 heavy (non-hydrogen) atoms. The highest BCUT2D eigenvalue weighted by atomic mass is 32.2. The van der Waals surface area contributed by atoms with Gasteiger partial charge in [0.25, 0.3) is 0 Å². The van der Waals surface area contributed by atoms with Gasteiger partial charge >= 0.3 is 0 Å². The van der Waals surface area contributed by atoms with E-state index in [0.29, 0.717) is 25.5 Å². The Kier molecular flexibility index (Phi) is 5.16.